The Balaban J connectivity index is 1.04. The van der Waals surface area contributed by atoms with E-state index in [1.807, 2.05) is 12.1 Å². The molecule has 7 heteroatoms. The van der Waals surface area contributed by atoms with Gasteiger partial charge in [-0.3, -0.25) is 9.69 Å². The fraction of sp³-hybridized carbons (Fsp3) is 0.556. The topological polar surface area (TPSA) is 60.9 Å². The van der Waals surface area contributed by atoms with Gasteiger partial charge in [0.1, 0.15) is 5.82 Å². The lowest BCUT2D eigenvalue weighted by atomic mass is 9.98. The molecule has 5 rings (SSSR count). The lowest BCUT2D eigenvalue weighted by molar-refractivity contribution is -0.116. The van der Waals surface area contributed by atoms with Crippen molar-refractivity contribution in [1.29, 1.82) is 0 Å². The summed E-state index contributed by atoms with van der Waals surface area (Å²) < 4.78 is 5.85. The van der Waals surface area contributed by atoms with Crippen LogP contribution in [0.15, 0.2) is 30.3 Å². The number of rotatable bonds is 8. The van der Waals surface area contributed by atoms with Gasteiger partial charge in [-0.25, -0.2) is 0 Å². The fourth-order valence-corrected chi connectivity index (χ4v) is 5.44. The van der Waals surface area contributed by atoms with Gasteiger partial charge in [-0.05, 0) is 74.9 Å². The van der Waals surface area contributed by atoms with Crippen LogP contribution in [0.1, 0.15) is 43.7 Å². The normalized spacial score (nSPS) is 18.3. The minimum absolute atomic E-state index is 0.0346. The molecule has 0 saturated carbocycles. The van der Waals surface area contributed by atoms with Crippen LogP contribution >= 0.6 is 0 Å². The first-order valence-corrected chi connectivity index (χ1v) is 13.0. The molecule has 3 aliphatic rings. The predicted octanol–water partition coefficient (Wildman–Crippen LogP) is 3.72. The zero-order valence-electron chi connectivity index (χ0n) is 20.4. The largest absolute Gasteiger partial charge is 0.478 e. The van der Waals surface area contributed by atoms with Crippen molar-refractivity contribution < 1.29 is 9.53 Å². The highest BCUT2D eigenvalue weighted by Gasteiger charge is 2.23. The highest BCUT2D eigenvalue weighted by atomic mass is 16.5. The van der Waals surface area contributed by atoms with E-state index in [0.29, 0.717) is 24.7 Å². The van der Waals surface area contributed by atoms with Gasteiger partial charge in [0.05, 0.1) is 6.61 Å². The number of ether oxygens (including phenoxy) is 1. The van der Waals surface area contributed by atoms with Gasteiger partial charge >= 0.3 is 0 Å². The molecule has 0 aliphatic carbocycles. The van der Waals surface area contributed by atoms with E-state index in [2.05, 4.69) is 50.1 Å². The molecule has 0 spiro atoms. The van der Waals surface area contributed by atoms with Crippen molar-refractivity contribution in [3.05, 3.63) is 41.5 Å². The molecular weight excluding hydrogens is 426 g/mol. The number of nitrogens with zero attached hydrogens (tertiary/aromatic N) is 4. The van der Waals surface area contributed by atoms with E-state index >= 15 is 0 Å². The summed E-state index contributed by atoms with van der Waals surface area (Å²) in [6.07, 6.45) is 5.88. The van der Waals surface area contributed by atoms with Crippen molar-refractivity contribution in [1.82, 2.24) is 9.88 Å². The van der Waals surface area contributed by atoms with Crippen LogP contribution < -0.4 is 19.9 Å². The van der Waals surface area contributed by atoms with Gasteiger partial charge in [-0.1, -0.05) is 6.07 Å². The Labute approximate surface area is 203 Å². The number of anilines is 3. The van der Waals surface area contributed by atoms with Crippen molar-refractivity contribution >= 4 is 23.1 Å². The number of amides is 1. The molecule has 0 atom stereocenters. The zero-order chi connectivity index (χ0) is 23.3. The van der Waals surface area contributed by atoms with Crippen molar-refractivity contribution in [3.8, 4) is 5.88 Å². The predicted molar refractivity (Wildman–Crippen MR) is 137 cm³/mol. The second-order valence-corrected chi connectivity index (χ2v) is 9.55. The van der Waals surface area contributed by atoms with Gasteiger partial charge in [0.25, 0.3) is 0 Å². The molecule has 1 amide bonds. The first kappa shape index (κ1) is 23.0. The molecule has 4 heterocycles. The number of benzene rings is 1. The van der Waals surface area contributed by atoms with Crippen molar-refractivity contribution in [2.24, 2.45) is 0 Å². The Hall–Kier alpha value is -2.80. The number of hydrogen-bond acceptors (Lipinski definition) is 6. The standard InChI is InChI=1S/C27H37N5O2/c1-2-31-15-6-7-22-23(31)8-5-9-24(22)32-18-16-30(17-19-32)14-3-4-20-34-26-13-11-21-10-12-25(33)28-27(21)29-26/h5,8-9,11,13H,2-4,6-7,10,12,14-20H2,1H3,(H,28,29,33). The Morgan fingerprint density at radius 2 is 1.82 bits per heavy atom. The number of carbonyl (C=O) groups excluding carboxylic acids is 1. The van der Waals surface area contributed by atoms with E-state index in [9.17, 15) is 4.79 Å². The average molecular weight is 464 g/mol. The Morgan fingerprint density at radius 1 is 0.971 bits per heavy atom. The maximum absolute atomic E-state index is 11.6. The molecule has 0 bridgehead atoms. The highest BCUT2D eigenvalue weighted by Crippen LogP contribution is 2.35. The SMILES string of the molecule is CCN1CCCc2c1cccc2N1CCN(CCCCOc2ccc3c(n2)NC(=O)CC3)CC1. The monoisotopic (exact) mass is 463 g/mol. The Morgan fingerprint density at radius 3 is 2.68 bits per heavy atom. The molecule has 0 unspecified atom stereocenters. The maximum Gasteiger partial charge on any atom is 0.225 e. The molecule has 182 valence electrons. The molecule has 1 saturated heterocycles. The van der Waals surface area contributed by atoms with Gasteiger partial charge < -0.3 is 19.9 Å². The van der Waals surface area contributed by atoms with Crippen molar-refractivity contribution in [2.75, 3.05) is 67.5 Å². The fourth-order valence-electron chi connectivity index (χ4n) is 5.44. The quantitative estimate of drug-likeness (QED) is 0.602. The van der Waals surface area contributed by atoms with Gasteiger partial charge in [0.15, 0.2) is 0 Å². The first-order chi connectivity index (χ1) is 16.7. The number of carbonyl (C=O) groups is 1. The summed E-state index contributed by atoms with van der Waals surface area (Å²) in [5.74, 6) is 1.29. The van der Waals surface area contributed by atoms with Gasteiger partial charge in [-0.2, -0.15) is 4.98 Å². The van der Waals surface area contributed by atoms with E-state index in [-0.39, 0.29) is 5.91 Å². The van der Waals surface area contributed by atoms with Crippen LogP contribution in [0.4, 0.5) is 17.2 Å². The number of pyridine rings is 1. The minimum atomic E-state index is 0.0346. The van der Waals surface area contributed by atoms with Crippen LogP contribution in [0.3, 0.4) is 0 Å². The smallest absolute Gasteiger partial charge is 0.225 e. The number of nitrogens with one attached hydrogen (secondary N) is 1. The van der Waals surface area contributed by atoms with Crippen LogP contribution in [-0.4, -0.2) is 68.2 Å². The van der Waals surface area contributed by atoms with Crippen LogP contribution in [-0.2, 0) is 17.6 Å². The lowest BCUT2D eigenvalue weighted by Gasteiger charge is -2.39. The first-order valence-electron chi connectivity index (χ1n) is 13.0. The molecule has 7 nitrogen and oxygen atoms in total. The molecule has 1 aromatic heterocycles. The molecule has 1 aromatic carbocycles. The summed E-state index contributed by atoms with van der Waals surface area (Å²) >= 11 is 0. The maximum atomic E-state index is 11.6. The highest BCUT2D eigenvalue weighted by molar-refractivity contribution is 5.92. The Bertz CT molecular complexity index is 1000. The van der Waals surface area contributed by atoms with E-state index in [1.54, 1.807) is 5.56 Å². The summed E-state index contributed by atoms with van der Waals surface area (Å²) in [5, 5.41) is 2.84. The third-order valence-electron chi connectivity index (χ3n) is 7.37. The van der Waals surface area contributed by atoms with Crippen LogP contribution in [0.5, 0.6) is 5.88 Å². The summed E-state index contributed by atoms with van der Waals surface area (Å²) in [5.41, 5.74) is 5.54. The molecule has 2 aromatic rings. The van der Waals surface area contributed by atoms with Gasteiger partial charge in [0, 0.05) is 63.1 Å². The molecule has 1 fully saturated rings. The zero-order valence-corrected chi connectivity index (χ0v) is 20.4. The van der Waals surface area contributed by atoms with E-state index in [1.165, 1.54) is 30.8 Å². The van der Waals surface area contributed by atoms with E-state index < -0.39 is 0 Å². The van der Waals surface area contributed by atoms with Crippen LogP contribution in [0.25, 0.3) is 0 Å². The summed E-state index contributed by atoms with van der Waals surface area (Å²) in [7, 11) is 0. The second kappa shape index (κ2) is 10.6. The second-order valence-electron chi connectivity index (χ2n) is 9.55. The van der Waals surface area contributed by atoms with Crippen LogP contribution in [0, 0.1) is 0 Å². The number of aryl methyl sites for hydroxylation is 1. The van der Waals surface area contributed by atoms with Crippen molar-refractivity contribution in [3.63, 3.8) is 0 Å². The molecule has 0 radical (unpaired) electrons. The third-order valence-corrected chi connectivity index (χ3v) is 7.37. The number of aromatic nitrogens is 1. The molecule has 3 aliphatic heterocycles. The third kappa shape index (κ3) is 5.14. The van der Waals surface area contributed by atoms with Gasteiger partial charge in [0.2, 0.25) is 11.8 Å². The molecule has 34 heavy (non-hydrogen) atoms. The summed E-state index contributed by atoms with van der Waals surface area (Å²) in [4.78, 5) is 23.7. The lowest BCUT2D eigenvalue weighted by Crippen LogP contribution is -2.47. The Kier molecular flexibility index (Phi) is 7.19. The minimum Gasteiger partial charge on any atom is -0.478 e. The number of fused-ring (bicyclic) bond motifs is 2. The molecular formula is C27H37N5O2. The van der Waals surface area contributed by atoms with Crippen molar-refractivity contribution in [2.45, 2.75) is 45.4 Å². The van der Waals surface area contributed by atoms with E-state index in [0.717, 1.165) is 64.1 Å². The summed E-state index contributed by atoms with van der Waals surface area (Å²) in [6, 6.07) is 10.8. The van der Waals surface area contributed by atoms with Crippen LogP contribution in [0.2, 0.25) is 0 Å². The summed E-state index contributed by atoms with van der Waals surface area (Å²) in [6.45, 7) is 10.7. The van der Waals surface area contributed by atoms with Gasteiger partial charge in [-0.15, -0.1) is 0 Å². The number of hydrogen-bond donors (Lipinski definition) is 1. The number of unbranched alkanes of at least 4 members (excludes halogenated alkanes) is 1. The molecule has 1 N–H and O–H groups in total. The average Bonchev–Trinajstić information content (AvgIpc) is 2.88. The van der Waals surface area contributed by atoms with E-state index in [4.69, 9.17) is 4.74 Å². The number of piperazine rings is 1.